The Hall–Kier alpha value is -0.370. The highest BCUT2D eigenvalue weighted by Gasteiger charge is 2.03. The predicted octanol–water partition coefficient (Wildman–Crippen LogP) is 3.20. The van der Waals surface area contributed by atoms with Crippen molar-refractivity contribution < 1.29 is 9.53 Å². The molecule has 0 bridgehead atoms. The van der Waals surface area contributed by atoms with Crippen molar-refractivity contribution in [1.29, 1.82) is 0 Å². The minimum Gasteiger partial charge on any atom is -0.381 e. The van der Waals surface area contributed by atoms with E-state index >= 15 is 0 Å². The van der Waals surface area contributed by atoms with E-state index in [4.69, 9.17) is 4.74 Å². The van der Waals surface area contributed by atoms with E-state index in [9.17, 15) is 4.79 Å². The van der Waals surface area contributed by atoms with E-state index in [2.05, 4.69) is 20.8 Å². The van der Waals surface area contributed by atoms with Crippen molar-refractivity contribution in [3.8, 4) is 0 Å². The molecule has 2 heteroatoms. The Morgan fingerprint density at radius 1 is 1.21 bits per heavy atom. The SMILES string of the molecule is CCCCOCCC(=O)CCC(C)C. The standard InChI is InChI=1S/C12H24O2/c1-4-5-9-14-10-8-12(13)7-6-11(2)3/h11H,4-10H2,1-3H3. The van der Waals surface area contributed by atoms with E-state index in [1.54, 1.807) is 0 Å². The van der Waals surface area contributed by atoms with Gasteiger partial charge in [-0.3, -0.25) is 4.79 Å². The molecule has 0 spiro atoms. The van der Waals surface area contributed by atoms with Crippen molar-refractivity contribution in [2.24, 2.45) is 5.92 Å². The summed E-state index contributed by atoms with van der Waals surface area (Å²) in [4.78, 5) is 11.3. The Bertz CT molecular complexity index is 141. The quantitative estimate of drug-likeness (QED) is 0.534. The summed E-state index contributed by atoms with van der Waals surface area (Å²) in [6, 6.07) is 0. The third kappa shape index (κ3) is 9.72. The Labute approximate surface area is 88.0 Å². The number of rotatable bonds is 9. The second-order valence-corrected chi connectivity index (χ2v) is 4.19. The Morgan fingerprint density at radius 3 is 2.50 bits per heavy atom. The number of ether oxygens (including phenoxy) is 1. The van der Waals surface area contributed by atoms with Gasteiger partial charge in [-0.1, -0.05) is 27.2 Å². The molecule has 0 rings (SSSR count). The summed E-state index contributed by atoms with van der Waals surface area (Å²) < 4.78 is 5.33. The maximum atomic E-state index is 11.3. The highest BCUT2D eigenvalue weighted by Crippen LogP contribution is 2.05. The zero-order chi connectivity index (χ0) is 10.8. The van der Waals surface area contributed by atoms with E-state index < -0.39 is 0 Å². The number of carbonyl (C=O) groups is 1. The summed E-state index contributed by atoms with van der Waals surface area (Å²) in [5, 5.41) is 0. The first-order chi connectivity index (χ1) is 6.66. The number of ketones is 1. The average molecular weight is 200 g/mol. The topological polar surface area (TPSA) is 26.3 Å². The minimum atomic E-state index is 0.343. The molecule has 0 aromatic heterocycles. The van der Waals surface area contributed by atoms with Crippen LogP contribution in [0.5, 0.6) is 0 Å². The molecular weight excluding hydrogens is 176 g/mol. The van der Waals surface area contributed by atoms with Crippen molar-refractivity contribution >= 4 is 5.78 Å². The second kappa shape index (κ2) is 9.20. The molecule has 0 N–H and O–H groups in total. The van der Waals surface area contributed by atoms with Crippen LogP contribution in [-0.2, 0) is 9.53 Å². The summed E-state index contributed by atoms with van der Waals surface area (Å²) in [7, 11) is 0. The molecule has 0 aliphatic rings. The van der Waals surface area contributed by atoms with Gasteiger partial charge in [-0.2, -0.15) is 0 Å². The molecule has 14 heavy (non-hydrogen) atoms. The molecule has 0 unspecified atom stereocenters. The number of hydrogen-bond acceptors (Lipinski definition) is 2. The Morgan fingerprint density at radius 2 is 1.93 bits per heavy atom. The number of Topliss-reactive ketones (excluding diaryl/α,β-unsaturated/α-hetero) is 1. The fourth-order valence-corrected chi connectivity index (χ4v) is 1.11. The van der Waals surface area contributed by atoms with Gasteiger partial charge in [-0.05, 0) is 18.8 Å². The highest BCUT2D eigenvalue weighted by atomic mass is 16.5. The third-order valence-corrected chi connectivity index (χ3v) is 2.17. The van der Waals surface area contributed by atoms with Crippen molar-refractivity contribution in [2.45, 2.75) is 52.9 Å². The summed E-state index contributed by atoms with van der Waals surface area (Å²) in [6.07, 6.45) is 4.57. The molecule has 2 nitrogen and oxygen atoms in total. The minimum absolute atomic E-state index is 0.343. The lowest BCUT2D eigenvalue weighted by molar-refractivity contribution is -0.120. The van der Waals surface area contributed by atoms with Gasteiger partial charge in [0.2, 0.25) is 0 Å². The van der Waals surface area contributed by atoms with Crippen LogP contribution in [0.1, 0.15) is 52.9 Å². The molecule has 0 aromatic rings. The summed E-state index contributed by atoms with van der Waals surface area (Å²) in [5.41, 5.74) is 0. The lowest BCUT2D eigenvalue weighted by Crippen LogP contribution is -2.06. The Balaban J connectivity index is 3.18. The smallest absolute Gasteiger partial charge is 0.135 e. The molecule has 0 aliphatic heterocycles. The molecule has 0 radical (unpaired) electrons. The van der Waals surface area contributed by atoms with Crippen LogP contribution in [0.4, 0.5) is 0 Å². The van der Waals surface area contributed by atoms with Gasteiger partial charge < -0.3 is 4.74 Å². The van der Waals surface area contributed by atoms with Crippen molar-refractivity contribution in [2.75, 3.05) is 13.2 Å². The first-order valence-corrected chi connectivity index (χ1v) is 5.76. The predicted molar refractivity (Wildman–Crippen MR) is 59.4 cm³/mol. The third-order valence-electron chi connectivity index (χ3n) is 2.17. The molecule has 0 amide bonds. The highest BCUT2D eigenvalue weighted by molar-refractivity contribution is 5.78. The molecule has 0 aromatic carbocycles. The molecule has 0 fully saturated rings. The van der Waals surface area contributed by atoms with Crippen LogP contribution in [0.3, 0.4) is 0 Å². The molecule has 84 valence electrons. The van der Waals surface area contributed by atoms with Gasteiger partial charge in [-0.15, -0.1) is 0 Å². The lowest BCUT2D eigenvalue weighted by atomic mass is 10.0. The van der Waals surface area contributed by atoms with Crippen molar-refractivity contribution in [3.05, 3.63) is 0 Å². The van der Waals surface area contributed by atoms with Gasteiger partial charge >= 0.3 is 0 Å². The summed E-state index contributed by atoms with van der Waals surface area (Å²) >= 11 is 0. The lowest BCUT2D eigenvalue weighted by Gasteiger charge is -2.04. The van der Waals surface area contributed by atoms with Gasteiger partial charge in [0.25, 0.3) is 0 Å². The van der Waals surface area contributed by atoms with Crippen LogP contribution in [0.25, 0.3) is 0 Å². The summed E-state index contributed by atoms with van der Waals surface area (Å²) in [5.74, 6) is 0.968. The van der Waals surface area contributed by atoms with Crippen molar-refractivity contribution in [1.82, 2.24) is 0 Å². The fraction of sp³-hybridized carbons (Fsp3) is 0.917. The van der Waals surface area contributed by atoms with Crippen LogP contribution in [-0.4, -0.2) is 19.0 Å². The maximum absolute atomic E-state index is 11.3. The van der Waals surface area contributed by atoms with Gasteiger partial charge in [0, 0.05) is 19.4 Å². The molecular formula is C12H24O2. The molecule has 0 aliphatic carbocycles. The molecule has 0 atom stereocenters. The van der Waals surface area contributed by atoms with Crippen LogP contribution in [0.2, 0.25) is 0 Å². The largest absolute Gasteiger partial charge is 0.381 e. The van der Waals surface area contributed by atoms with Gasteiger partial charge in [0.15, 0.2) is 0 Å². The van der Waals surface area contributed by atoms with Crippen LogP contribution in [0, 0.1) is 5.92 Å². The second-order valence-electron chi connectivity index (χ2n) is 4.19. The average Bonchev–Trinajstić information content (AvgIpc) is 2.14. The van der Waals surface area contributed by atoms with E-state index in [-0.39, 0.29) is 0 Å². The number of hydrogen-bond donors (Lipinski definition) is 0. The number of carbonyl (C=O) groups excluding carboxylic acids is 1. The monoisotopic (exact) mass is 200 g/mol. The first-order valence-electron chi connectivity index (χ1n) is 5.76. The zero-order valence-electron chi connectivity index (χ0n) is 9.84. The fourth-order valence-electron chi connectivity index (χ4n) is 1.11. The van der Waals surface area contributed by atoms with E-state index in [1.807, 2.05) is 0 Å². The maximum Gasteiger partial charge on any atom is 0.135 e. The van der Waals surface area contributed by atoms with Gasteiger partial charge in [0.05, 0.1) is 6.61 Å². The summed E-state index contributed by atoms with van der Waals surface area (Å²) in [6.45, 7) is 7.83. The molecule has 0 saturated carbocycles. The first kappa shape index (κ1) is 13.6. The van der Waals surface area contributed by atoms with E-state index in [1.165, 1.54) is 0 Å². The van der Waals surface area contributed by atoms with Crippen LogP contribution in [0.15, 0.2) is 0 Å². The van der Waals surface area contributed by atoms with E-state index in [0.717, 1.165) is 32.3 Å². The Kier molecular flexibility index (Phi) is 8.95. The number of unbranched alkanes of at least 4 members (excludes halogenated alkanes) is 1. The van der Waals surface area contributed by atoms with Crippen LogP contribution < -0.4 is 0 Å². The molecule has 0 heterocycles. The zero-order valence-corrected chi connectivity index (χ0v) is 9.84. The van der Waals surface area contributed by atoms with Crippen molar-refractivity contribution in [3.63, 3.8) is 0 Å². The normalized spacial score (nSPS) is 10.9. The molecule has 0 saturated heterocycles. The van der Waals surface area contributed by atoms with E-state index in [0.29, 0.717) is 24.7 Å². The van der Waals surface area contributed by atoms with Gasteiger partial charge in [-0.25, -0.2) is 0 Å². The van der Waals surface area contributed by atoms with Gasteiger partial charge in [0.1, 0.15) is 5.78 Å². The van der Waals surface area contributed by atoms with Crippen LogP contribution >= 0.6 is 0 Å².